The molecule has 0 spiro atoms. The molecule has 0 aliphatic rings. The number of thiazole rings is 1. The Morgan fingerprint density at radius 1 is 1.13 bits per heavy atom. The lowest BCUT2D eigenvalue weighted by Gasteiger charge is -2.13. The van der Waals surface area contributed by atoms with Crippen LogP contribution in [0.15, 0.2) is 24.4 Å². The number of carbonyl (C=O) groups excluding carboxylic acids is 1. The number of nitrogens with zero attached hydrogens (tertiary/aromatic N) is 3. The Bertz CT molecular complexity index is 1120. The van der Waals surface area contributed by atoms with Crippen LogP contribution in [0.3, 0.4) is 0 Å². The van der Waals surface area contributed by atoms with E-state index >= 15 is 0 Å². The number of hydrogen-bond donors (Lipinski definition) is 3. The van der Waals surface area contributed by atoms with Crippen molar-refractivity contribution in [2.75, 3.05) is 19.5 Å². The summed E-state index contributed by atoms with van der Waals surface area (Å²) < 4.78 is 9.92. The van der Waals surface area contributed by atoms with E-state index in [4.69, 9.17) is 15.6 Å². The van der Waals surface area contributed by atoms with Gasteiger partial charge in [0.25, 0.3) is 0 Å². The van der Waals surface area contributed by atoms with Crippen LogP contribution in [-0.4, -0.2) is 47.2 Å². The van der Waals surface area contributed by atoms with Crippen LogP contribution in [0.2, 0.25) is 0 Å². The average Bonchev–Trinajstić information content (AvgIpc) is 3.20. The number of carbonyl (C=O) groups is 1. The van der Waals surface area contributed by atoms with E-state index in [2.05, 4.69) is 25.0 Å². The second-order valence-corrected chi connectivity index (χ2v) is 7.33. The molecule has 3 N–H and O–H groups in total. The van der Waals surface area contributed by atoms with Crippen molar-refractivity contribution in [1.29, 1.82) is 10.8 Å². The van der Waals surface area contributed by atoms with Gasteiger partial charge in [-0.2, -0.15) is 0 Å². The SMILES string of the molecule is COC(=O)Nc1ncc(-c2cc(-c3c(C)cc(OC)cc3C)nc(C(=N)C=N)n2)s1. The average molecular weight is 424 g/mol. The molecule has 154 valence electrons. The summed E-state index contributed by atoms with van der Waals surface area (Å²) in [6.07, 6.45) is 1.86. The summed E-state index contributed by atoms with van der Waals surface area (Å²) in [5, 5.41) is 18.3. The van der Waals surface area contributed by atoms with E-state index in [1.54, 1.807) is 19.4 Å². The first-order valence-corrected chi connectivity index (χ1v) is 9.63. The monoisotopic (exact) mass is 424 g/mol. The molecule has 0 saturated carbocycles. The third kappa shape index (κ3) is 4.33. The van der Waals surface area contributed by atoms with Gasteiger partial charge in [-0.3, -0.25) is 10.7 Å². The Labute approximate surface area is 177 Å². The Kier molecular flexibility index (Phi) is 6.17. The van der Waals surface area contributed by atoms with Crippen LogP contribution in [0.1, 0.15) is 17.0 Å². The van der Waals surface area contributed by atoms with E-state index in [1.807, 2.05) is 26.0 Å². The van der Waals surface area contributed by atoms with Gasteiger partial charge in [0.2, 0.25) is 0 Å². The van der Waals surface area contributed by atoms with Crippen LogP contribution in [0.25, 0.3) is 21.8 Å². The van der Waals surface area contributed by atoms with E-state index in [-0.39, 0.29) is 11.5 Å². The zero-order valence-corrected chi connectivity index (χ0v) is 17.7. The molecule has 0 aliphatic carbocycles. The number of benzene rings is 1. The van der Waals surface area contributed by atoms with Crippen molar-refractivity contribution in [3.05, 3.63) is 41.3 Å². The number of aryl methyl sites for hydroxylation is 2. The van der Waals surface area contributed by atoms with Crippen molar-refractivity contribution in [1.82, 2.24) is 15.0 Å². The van der Waals surface area contributed by atoms with Gasteiger partial charge in [-0.1, -0.05) is 11.3 Å². The van der Waals surface area contributed by atoms with E-state index < -0.39 is 6.09 Å². The van der Waals surface area contributed by atoms with Gasteiger partial charge in [-0.05, 0) is 43.2 Å². The molecular formula is C20H20N6O3S. The van der Waals surface area contributed by atoms with Gasteiger partial charge >= 0.3 is 6.09 Å². The standard InChI is InChI=1S/C20H20N6O3S/c1-10-5-12(28-3)6-11(2)17(10)15-7-14(24-18(25-15)13(22)8-21)16-9-23-19(30-16)26-20(27)29-4/h5-9,21-22H,1-4H3,(H,23,26,27). The Hall–Kier alpha value is -3.66. The largest absolute Gasteiger partial charge is 0.497 e. The quantitative estimate of drug-likeness (QED) is 0.510. The molecule has 0 radical (unpaired) electrons. The zero-order valence-electron chi connectivity index (χ0n) is 16.9. The highest BCUT2D eigenvalue weighted by atomic mass is 32.1. The molecular weight excluding hydrogens is 404 g/mol. The summed E-state index contributed by atoms with van der Waals surface area (Å²) in [7, 11) is 2.89. The van der Waals surface area contributed by atoms with Crippen molar-refractivity contribution in [2.45, 2.75) is 13.8 Å². The van der Waals surface area contributed by atoms with E-state index in [0.29, 0.717) is 21.4 Å². The molecule has 2 aromatic heterocycles. The van der Waals surface area contributed by atoms with E-state index in [9.17, 15) is 4.79 Å². The van der Waals surface area contributed by atoms with Gasteiger partial charge in [0, 0.05) is 18.0 Å². The lowest BCUT2D eigenvalue weighted by Crippen LogP contribution is -2.10. The number of aromatic nitrogens is 3. The van der Waals surface area contributed by atoms with Gasteiger partial charge < -0.3 is 14.9 Å². The fourth-order valence-electron chi connectivity index (χ4n) is 2.92. The molecule has 0 atom stereocenters. The lowest BCUT2D eigenvalue weighted by molar-refractivity contribution is 0.187. The molecule has 1 amide bonds. The van der Waals surface area contributed by atoms with Crippen molar-refractivity contribution in [3.8, 4) is 27.6 Å². The topological polar surface area (TPSA) is 134 Å². The predicted molar refractivity (Wildman–Crippen MR) is 116 cm³/mol. The van der Waals surface area contributed by atoms with Crippen molar-refractivity contribution in [3.63, 3.8) is 0 Å². The first-order valence-electron chi connectivity index (χ1n) is 8.81. The van der Waals surface area contributed by atoms with Crippen LogP contribution >= 0.6 is 11.3 Å². The molecule has 1 aromatic carbocycles. The lowest BCUT2D eigenvalue weighted by atomic mass is 9.98. The number of rotatable bonds is 6. The highest BCUT2D eigenvalue weighted by Gasteiger charge is 2.17. The summed E-state index contributed by atoms with van der Waals surface area (Å²) in [5.74, 6) is 0.875. The predicted octanol–water partition coefficient (Wildman–Crippen LogP) is 4.09. The summed E-state index contributed by atoms with van der Waals surface area (Å²) in [5.41, 5.74) is 3.86. The highest BCUT2D eigenvalue weighted by Crippen LogP contribution is 2.34. The van der Waals surface area contributed by atoms with Crippen molar-refractivity contribution >= 4 is 34.5 Å². The number of nitrogens with one attached hydrogen (secondary N) is 3. The second-order valence-electron chi connectivity index (χ2n) is 6.30. The van der Waals surface area contributed by atoms with Crippen LogP contribution in [0, 0.1) is 24.7 Å². The van der Waals surface area contributed by atoms with Crippen LogP contribution < -0.4 is 10.1 Å². The molecule has 9 nitrogen and oxygen atoms in total. The molecule has 0 aliphatic heterocycles. The number of amides is 1. The van der Waals surface area contributed by atoms with Gasteiger partial charge in [0.05, 0.1) is 30.5 Å². The molecule has 3 rings (SSSR count). The van der Waals surface area contributed by atoms with Gasteiger partial charge in [0.1, 0.15) is 11.5 Å². The maximum Gasteiger partial charge on any atom is 0.413 e. The molecule has 2 heterocycles. The summed E-state index contributed by atoms with van der Waals surface area (Å²) in [6.45, 7) is 3.92. The van der Waals surface area contributed by atoms with E-state index in [0.717, 1.165) is 28.7 Å². The van der Waals surface area contributed by atoms with Crippen LogP contribution in [0.4, 0.5) is 9.93 Å². The highest BCUT2D eigenvalue weighted by molar-refractivity contribution is 7.19. The third-order valence-corrected chi connectivity index (χ3v) is 5.20. The zero-order chi connectivity index (χ0) is 21.8. The van der Waals surface area contributed by atoms with Crippen molar-refractivity contribution < 1.29 is 14.3 Å². The molecule has 10 heteroatoms. The van der Waals surface area contributed by atoms with Gasteiger partial charge in [-0.25, -0.2) is 19.7 Å². The minimum absolute atomic E-state index is 0.112. The normalized spacial score (nSPS) is 10.4. The van der Waals surface area contributed by atoms with Gasteiger partial charge in [-0.15, -0.1) is 0 Å². The molecule has 0 bridgehead atoms. The Morgan fingerprint density at radius 2 is 1.80 bits per heavy atom. The maximum absolute atomic E-state index is 11.4. The van der Waals surface area contributed by atoms with Crippen LogP contribution in [0.5, 0.6) is 5.75 Å². The second kappa shape index (κ2) is 8.78. The molecule has 0 fully saturated rings. The number of hydrogen-bond acceptors (Lipinski definition) is 9. The number of methoxy groups -OCH3 is 2. The Balaban J connectivity index is 2.14. The summed E-state index contributed by atoms with van der Waals surface area (Å²) >= 11 is 1.22. The summed E-state index contributed by atoms with van der Waals surface area (Å²) in [6, 6.07) is 5.63. The summed E-state index contributed by atoms with van der Waals surface area (Å²) in [4.78, 5) is 25.2. The third-order valence-electron chi connectivity index (χ3n) is 4.26. The maximum atomic E-state index is 11.4. The minimum Gasteiger partial charge on any atom is -0.497 e. The number of ether oxygens (including phenoxy) is 2. The van der Waals surface area contributed by atoms with E-state index in [1.165, 1.54) is 18.4 Å². The molecule has 0 unspecified atom stereocenters. The smallest absolute Gasteiger partial charge is 0.413 e. The molecule has 30 heavy (non-hydrogen) atoms. The fraction of sp³-hybridized carbons (Fsp3) is 0.200. The Morgan fingerprint density at radius 3 is 2.40 bits per heavy atom. The fourth-order valence-corrected chi connectivity index (χ4v) is 3.68. The first kappa shape index (κ1) is 21.1. The number of anilines is 1. The van der Waals surface area contributed by atoms with Gasteiger partial charge in [0.15, 0.2) is 11.0 Å². The van der Waals surface area contributed by atoms with Crippen LogP contribution in [-0.2, 0) is 4.74 Å². The molecule has 0 saturated heterocycles. The molecule has 3 aromatic rings. The first-order chi connectivity index (χ1) is 14.4. The minimum atomic E-state index is -0.616. The van der Waals surface area contributed by atoms with Crippen molar-refractivity contribution in [2.24, 2.45) is 0 Å².